The van der Waals surface area contributed by atoms with Crippen molar-refractivity contribution in [1.29, 1.82) is 15.8 Å². The van der Waals surface area contributed by atoms with Crippen LogP contribution >= 0.6 is 0 Å². The quantitative estimate of drug-likeness (QED) is 0.192. The van der Waals surface area contributed by atoms with Crippen molar-refractivity contribution in [2.75, 3.05) is 0 Å². The van der Waals surface area contributed by atoms with E-state index in [0.717, 1.165) is 86.8 Å². The number of hydrogen-bond acceptors (Lipinski definition) is 3. The van der Waals surface area contributed by atoms with Gasteiger partial charge in [-0.1, -0.05) is 78.9 Å². The van der Waals surface area contributed by atoms with E-state index in [9.17, 15) is 15.8 Å². The second kappa shape index (κ2) is 11.8. The van der Waals surface area contributed by atoms with Crippen LogP contribution in [0.3, 0.4) is 0 Å². The molecule has 0 saturated carbocycles. The van der Waals surface area contributed by atoms with Crippen molar-refractivity contribution in [1.82, 2.24) is 9.13 Å². The van der Waals surface area contributed by atoms with Gasteiger partial charge >= 0.3 is 0 Å². The molecule has 0 radical (unpaired) electrons. The second-order valence-corrected chi connectivity index (χ2v) is 13.2. The number of rotatable bonds is 4. The Labute approximate surface area is 290 Å². The summed E-state index contributed by atoms with van der Waals surface area (Å²) in [6, 6.07) is 38.7. The van der Waals surface area contributed by atoms with E-state index in [0.29, 0.717) is 17.6 Å². The summed E-state index contributed by atoms with van der Waals surface area (Å²) < 4.78 is 4.68. The van der Waals surface area contributed by atoms with Crippen LogP contribution in [0, 0.1) is 39.9 Å². The predicted molar refractivity (Wildman–Crippen MR) is 202 cm³/mol. The third-order valence-corrected chi connectivity index (χ3v) is 10.5. The standard InChI is InChI=1S/C45H31N5/c46-26-29-17-21-44-39(23-29)40-24-30(27-47)18-22-45(40)50(44)43-16-8-3-11-36(43)35-10-2-1-9-34(35)33-20-19-32(25-31(33)28-48)49-41-14-6-4-12-37(41)38-13-5-7-15-42(38)49/h1-7,9-15,17-18,21-23,25,30H,8,16,19-20,24H2. The molecular weight excluding hydrogens is 611 g/mol. The van der Waals surface area contributed by atoms with Crippen molar-refractivity contribution in [3.63, 3.8) is 0 Å². The molecule has 1 atom stereocenters. The zero-order chi connectivity index (χ0) is 33.8. The molecule has 0 spiro atoms. The molecule has 2 heterocycles. The highest BCUT2D eigenvalue weighted by atomic mass is 15.0. The minimum Gasteiger partial charge on any atom is -0.313 e. The van der Waals surface area contributed by atoms with Gasteiger partial charge in [-0.15, -0.1) is 0 Å². The Morgan fingerprint density at radius 1 is 0.660 bits per heavy atom. The largest absolute Gasteiger partial charge is 0.313 e. The van der Waals surface area contributed by atoms with Crippen molar-refractivity contribution < 1.29 is 0 Å². The first kappa shape index (κ1) is 29.5. The molecule has 5 nitrogen and oxygen atoms in total. The van der Waals surface area contributed by atoms with Crippen LogP contribution < -0.4 is 0 Å². The van der Waals surface area contributed by atoms with Crippen LogP contribution in [-0.2, 0) is 6.42 Å². The number of fused-ring (bicyclic) bond motifs is 6. The maximum Gasteiger partial charge on any atom is 0.0995 e. The number of aromatic nitrogens is 2. The topological polar surface area (TPSA) is 81.2 Å². The molecule has 3 aliphatic carbocycles. The molecule has 0 fully saturated rings. The fraction of sp³-hybridized carbons (Fsp3) is 0.133. The molecule has 236 valence electrons. The highest BCUT2D eigenvalue weighted by molar-refractivity contribution is 6.10. The maximum atomic E-state index is 10.7. The Hall–Kier alpha value is -6.61. The minimum atomic E-state index is -0.198. The van der Waals surface area contributed by atoms with E-state index in [4.69, 9.17) is 0 Å². The summed E-state index contributed by atoms with van der Waals surface area (Å²) in [7, 11) is 0. The van der Waals surface area contributed by atoms with Crippen molar-refractivity contribution in [3.8, 4) is 18.2 Å². The van der Waals surface area contributed by atoms with E-state index in [-0.39, 0.29) is 5.92 Å². The van der Waals surface area contributed by atoms with Crippen molar-refractivity contribution in [2.24, 2.45) is 5.92 Å². The molecule has 4 aromatic carbocycles. The summed E-state index contributed by atoms with van der Waals surface area (Å²) in [6.45, 7) is 0. The van der Waals surface area contributed by atoms with Crippen molar-refractivity contribution in [3.05, 3.63) is 149 Å². The third kappa shape index (κ3) is 4.51. The Kier molecular flexibility index (Phi) is 6.98. The van der Waals surface area contributed by atoms with Crippen LogP contribution in [0.5, 0.6) is 0 Å². The average Bonchev–Trinajstić information content (AvgIpc) is 3.69. The van der Waals surface area contributed by atoms with Crippen LogP contribution in [-0.4, -0.2) is 9.13 Å². The Morgan fingerprint density at radius 2 is 1.38 bits per heavy atom. The van der Waals surface area contributed by atoms with Gasteiger partial charge in [0.25, 0.3) is 0 Å². The number of para-hydroxylation sites is 2. The number of allylic oxidation sites excluding steroid dienone is 9. The van der Waals surface area contributed by atoms with Crippen LogP contribution in [0.2, 0.25) is 0 Å². The fourth-order valence-corrected chi connectivity index (χ4v) is 8.32. The van der Waals surface area contributed by atoms with E-state index < -0.39 is 0 Å². The van der Waals surface area contributed by atoms with Gasteiger partial charge in [0.15, 0.2) is 0 Å². The lowest BCUT2D eigenvalue weighted by atomic mass is 9.84. The summed E-state index contributed by atoms with van der Waals surface area (Å²) >= 11 is 0. The molecular formula is C45H31N5. The minimum absolute atomic E-state index is 0.198. The molecule has 9 rings (SSSR count). The molecule has 3 aliphatic rings. The summed E-state index contributed by atoms with van der Waals surface area (Å²) in [6.07, 6.45) is 14.6. The number of benzene rings is 4. The third-order valence-electron chi connectivity index (χ3n) is 10.5. The lowest BCUT2D eigenvalue weighted by Gasteiger charge is -2.25. The molecule has 50 heavy (non-hydrogen) atoms. The first-order valence-electron chi connectivity index (χ1n) is 17.2. The summed E-state index contributed by atoms with van der Waals surface area (Å²) in [5.41, 5.74) is 13.6. The van der Waals surface area contributed by atoms with Crippen LogP contribution in [0.15, 0.2) is 121 Å². The Morgan fingerprint density at radius 3 is 2.12 bits per heavy atom. The number of nitrogens with zero attached hydrogens (tertiary/aromatic N) is 5. The Balaban J connectivity index is 1.23. The summed E-state index contributed by atoms with van der Waals surface area (Å²) in [5.74, 6) is -0.198. The monoisotopic (exact) mass is 641 g/mol. The normalized spacial score (nSPS) is 17.1. The first-order valence-corrected chi connectivity index (χ1v) is 17.2. The second-order valence-electron chi connectivity index (χ2n) is 13.2. The van der Waals surface area contributed by atoms with E-state index in [1.807, 2.05) is 18.2 Å². The van der Waals surface area contributed by atoms with Gasteiger partial charge in [0.05, 0.1) is 51.8 Å². The lowest BCUT2D eigenvalue weighted by molar-refractivity contribution is 0.808. The highest BCUT2D eigenvalue weighted by Crippen LogP contribution is 2.44. The molecule has 2 aromatic heterocycles. The predicted octanol–water partition coefficient (Wildman–Crippen LogP) is 10.7. The molecule has 0 saturated heterocycles. The zero-order valence-electron chi connectivity index (χ0n) is 27.4. The first-order chi connectivity index (χ1) is 24.7. The Bertz CT molecular complexity index is 2660. The van der Waals surface area contributed by atoms with Gasteiger partial charge < -0.3 is 9.13 Å². The van der Waals surface area contributed by atoms with E-state index in [2.05, 4.69) is 131 Å². The van der Waals surface area contributed by atoms with Gasteiger partial charge in [0.1, 0.15) is 0 Å². The molecule has 1 unspecified atom stereocenters. The van der Waals surface area contributed by atoms with Crippen LogP contribution in [0.4, 0.5) is 0 Å². The average molecular weight is 642 g/mol. The lowest BCUT2D eigenvalue weighted by Crippen LogP contribution is -2.10. The molecule has 0 N–H and O–H groups in total. The van der Waals surface area contributed by atoms with Gasteiger partial charge in [-0.05, 0) is 96.9 Å². The zero-order valence-corrected chi connectivity index (χ0v) is 27.4. The van der Waals surface area contributed by atoms with Crippen LogP contribution in [0.25, 0.3) is 61.3 Å². The van der Waals surface area contributed by atoms with Gasteiger partial charge in [-0.3, -0.25) is 0 Å². The molecule has 6 aromatic rings. The van der Waals surface area contributed by atoms with E-state index in [1.54, 1.807) is 0 Å². The fourth-order valence-electron chi connectivity index (χ4n) is 8.32. The van der Waals surface area contributed by atoms with E-state index in [1.165, 1.54) is 16.5 Å². The van der Waals surface area contributed by atoms with E-state index >= 15 is 0 Å². The maximum absolute atomic E-state index is 10.7. The van der Waals surface area contributed by atoms with Gasteiger partial charge in [-0.25, -0.2) is 0 Å². The molecule has 0 bridgehead atoms. The number of hydrogen-bond donors (Lipinski definition) is 0. The molecule has 0 aliphatic heterocycles. The summed E-state index contributed by atoms with van der Waals surface area (Å²) in [4.78, 5) is 0. The van der Waals surface area contributed by atoms with Crippen molar-refractivity contribution >= 4 is 61.3 Å². The molecule has 0 amide bonds. The highest BCUT2D eigenvalue weighted by Gasteiger charge is 2.27. The molecule has 5 heteroatoms. The summed E-state index contributed by atoms with van der Waals surface area (Å²) in [5, 5.41) is 33.6. The van der Waals surface area contributed by atoms with Crippen molar-refractivity contribution in [2.45, 2.75) is 32.1 Å². The van der Waals surface area contributed by atoms with Crippen LogP contribution in [0.1, 0.15) is 53.6 Å². The smallest absolute Gasteiger partial charge is 0.0995 e. The van der Waals surface area contributed by atoms with Gasteiger partial charge in [0.2, 0.25) is 0 Å². The van der Waals surface area contributed by atoms with Gasteiger partial charge in [-0.2, -0.15) is 15.8 Å². The number of nitriles is 3. The SMILES string of the molecule is N#CC1=C(c2ccccc2C2=C(n3c4c(c5cc(C#N)ccc53)CC(C#N)C=C4)CCC=C2)CCC(n2c3ccccc3c3ccccc32)=C1. The van der Waals surface area contributed by atoms with Gasteiger partial charge in [0, 0.05) is 38.8 Å².